The zero-order chi connectivity index (χ0) is 21.2. The van der Waals surface area contributed by atoms with Crippen LogP contribution in [0.25, 0.3) is 22.2 Å². The number of hydrogen-bond donors (Lipinski definition) is 3. The maximum absolute atomic E-state index is 14.7. The number of halogens is 1. The Morgan fingerprint density at radius 2 is 1.81 bits per heavy atom. The number of aromatic nitrogens is 4. The molecule has 0 saturated heterocycles. The molecule has 0 fully saturated rings. The summed E-state index contributed by atoms with van der Waals surface area (Å²) in [5.41, 5.74) is 8.83. The van der Waals surface area contributed by atoms with Crippen molar-refractivity contribution in [1.82, 2.24) is 20.2 Å². The first kappa shape index (κ1) is 18.6. The Balaban J connectivity index is 1.37. The van der Waals surface area contributed by atoms with E-state index in [0.717, 1.165) is 16.5 Å². The van der Waals surface area contributed by atoms with Crippen molar-refractivity contribution in [3.8, 4) is 22.8 Å². The van der Waals surface area contributed by atoms with Gasteiger partial charge in [-0.15, -0.1) is 0 Å². The normalized spacial score (nSPS) is 10.9. The van der Waals surface area contributed by atoms with Crippen LogP contribution in [0.4, 0.5) is 21.8 Å². The summed E-state index contributed by atoms with van der Waals surface area (Å²) in [6.45, 7) is 0. The van der Waals surface area contributed by atoms with E-state index >= 15 is 0 Å². The topological polar surface area (TPSA) is 102 Å². The SMILES string of the molecule is Nc1nc(Nc2ccc(Oc3ccc4[nH]ncc4c3)c(F)c2)cc(-c2ccccc2)n1. The molecule has 0 aliphatic rings. The zero-order valence-corrected chi connectivity index (χ0v) is 16.2. The highest BCUT2D eigenvalue weighted by atomic mass is 19.1. The number of fused-ring (bicyclic) bond motifs is 1. The molecule has 7 nitrogen and oxygen atoms in total. The Bertz CT molecular complexity index is 1370. The molecular formula is C23H17FN6O. The Labute approximate surface area is 176 Å². The van der Waals surface area contributed by atoms with Crippen molar-refractivity contribution in [2.24, 2.45) is 0 Å². The lowest BCUT2D eigenvalue weighted by Crippen LogP contribution is -2.02. The Morgan fingerprint density at radius 1 is 0.935 bits per heavy atom. The minimum atomic E-state index is -0.511. The summed E-state index contributed by atoms with van der Waals surface area (Å²) >= 11 is 0. The van der Waals surface area contributed by atoms with E-state index in [1.807, 2.05) is 36.4 Å². The van der Waals surface area contributed by atoms with Crippen molar-refractivity contribution >= 4 is 28.4 Å². The first-order valence-corrected chi connectivity index (χ1v) is 9.51. The second-order valence-electron chi connectivity index (χ2n) is 6.85. The molecule has 0 amide bonds. The van der Waals surface area contributed by atoms with E-state index in [1.165, 1.54) is 6.07 Å². The van der Waals surface area contributed by atoms with E-state index in [2.05, 4.69) is 25.5 Å². The number of anilines is 3. The van der Waals surface area contributed by atoms with Crippen molar-refractivity contribution in [2.45, 2.75) is 0 Å². The molecule has 0 atom stereocenters. The lowest BCUT2D eigenvalue weighted by atomic mass is 10.1. The Hall–Kier alpha value is -4.46. The summed E-state index contributed by atoms with van der Waals surface area (Å²) in [6.07, 6.45) is 1.68. The molecule has 0 radical (unpaired) electrons. The molecule has 5 aromatic rings. The lowest BCUT2D eigenvalue weighted by Gasteiger charge is -2.11. The zero-order valence-electron chi connectivity index (χ0n) is 16.2. The molecule has 3 aromatic carbocycles. The van der Waals surface area contributed by atoms with Gasteiger partial charge in [0.2, 0.25) is 5.95 Å². The number of aromatic amines is 1. The minimum absolute atomic E-state index is 0.112. The highest BCUT2D eigenvalue weighted by Gasteiger charge is 2.10. The van der Waals surface area contributed by atoms with E-state index in [9.17, 15) is 4.39 Å². The number of nitrogen functional groups attached to an aromatic ring is 1. The molecule has 4 N–H and O–H groups in total. The van der Waals surface area contributed by atoms with Crippen molar-refractivity contribution in [3.63, 3.8) is 0 Å². The number of H-pyrrole nitrogens is 1. The van der Waals surface area contributed by atoms with Gasteiger partial charge in [0, 0.05) is 28.8 Å². The first-order chi connectivity index (χ1) is 15.1. The molecular weight excluding hydrogens is 395 g/mol. The number of rotatable bonds is 5. The number of nitrogens with one attached hydrogen (secondary N) is 2. The monoisotopic (exact) mass is 412 g/mol. The fourth-order valence-electron chi connectivity index (χ4n) is 3.21. The summed E-state index contributed by atoms with van der Waals surface area (Å²) in [6, 6.07) is 21.3. The highest BCUT2D eigenvalue weighted by molar-refractivity contribution is 5.79. The Kier molecular flexibility index (Phi) is 4.64. The van der Waals surface area contributed by atoms with Crippen LogP contribution < -0.4 is 15.8 Å². The molecule has 0 unspecified atom stereocenters. The third kappa shape index (κ3) is 3.99. The molecule has 5 rings (SSSR count). The van der Waals surface area contributed by atoms with Crippen LogP contribution in [-0.2, 0) is 0 Å². The van der Waals surface area contributed by atoms with Crippen LogP contribution in [0.1, 0.15) is 0 Å². The highest BCUT2D eigenvalue weighted by Crippen LogP contribution is 2.30. The van der Waals surface area contributed by atoms with Crippen molar-refractivity contribution in [2.75, 3.05) is 11.1 Å². The number of hydrogen-bond acceptors (Lipinski definition) is 6. The van der Waals surface area contributed by atoms with Gasteiger partial charge in [-0.05, 0) is 30.3 Å². The summed E-state index contributed by atoms with van der Waals surface area (Å²) < 4.78 is 20.4. The largest absolute Gasteiger partial charge is 0.454 e. The van der Waals surface area contributed by atoms with Crippen LogP contribution in [0.2, 0.25) is 0 Å². The molecule has 2 heterocycles. The van der Waals surface area contributed by atoms with Gasteiger partial charge in [0.1, 0.15) is 11.6 Å². The smallest absolute Gasteiger partial charge is 0.222 e. The van der Waals surface area contributed by atoms with Crippen LogP contribution in [-0.4, -0.2) is 20.2 Å². The van der Waals surface area contributed by atoms with Crippen molar-refractivity contribution < 1.29 is 9.13 Å². The van der Waals surface area contributed by atoms with Gasteiger partial charge in [-0.1, -0.05) is 30.3 Å². The number of benzene rings is 3. The maximum Gasteiger partial charge on any atom is 0.222 e. The van der Waals surface area contributed by atoms with Crippen molar-refractivity contribution in [3.05, 3.63) is 84.8 Å². The second-order valence-corrected chi connectivity index (χ2v) is 6.85. The lowest BCUT2D eigenvalue weighted by molar-refractivity contribution is 0.443. The van der Waals surface area contributed by atoms with E-state index in [0.29, 0.717) is 22.9 Å². The van der Waals surface area contributed by atoms with Crippen LogP contribution >= 0.6 is 0 Å². The van der Waals surface area contributed by atoms with Crippen LogP contribution in [0.5, 0.6) is 11.5 Å². The molecule has 0 spiro atoms. The van der Waals surface area contributed by atoms with Gasteiger partial charge >= 0.3 is 0 Å². The molecule has 31 heavy (non-hydrogen) atoms. The van der Waals surface area contributed by atoms with E-state index in [-0.39, 0.29) is 11.7 Å². The standard InChI is InChI=1S/C23H17FN6O/c24-18-11-16(6-9-21(18)31-17-7-8-19-15(10-17)13-26-30-19)27-22-12-20(28-23(25)29-22)14-4-2-1-3-5-14/h1-13H,(H,26,30)(H3,25,27,28,29). The fraction of sp³-hybridized carbons (Fsp3) is 0. The average Bonchev–Trinajstić information content (AvgIpc) is 3.24. The Morgan fingerprint density at radius 3 is 2.65 bits per heavy atom. The van der Waals surface area contributed by atoms with Gasteiger partial charge in [0.05, 0.1) is 17.4 Å². The van der Waals surface area contributed by atoms with E-state index in [1.54, 1.807) is 36.5 Å². The summed E-state index contributed by atoms with van der Waals surface area (Å²) in [5, 5.41) is 10.8. The maximum atomic E-state index is 14.7. The molecule has 0 aliphatic heterocycles. The van der Waals surface area contributed by atoms with Gasteiger partial charge in [-0.2, -0.15) is 10.1 Å². The van der Waals surface area contributed by atoms with E-state index < -0.39 is 5.82 Å². The summed E-state index contributed by atoms with van der Waals surface area (Å²) in [4.78, 5) is 8.46. The van der Waals surface area contributed by atoms with Crippen molar-refractivity contribution in [1.29, 1.82) is 0 Å². The van der Waals surface area contributed by atoms with E-state index in [4.69, 9.17) is 10.5 Å². The predicted molar refractivity (Wildman–Crippen MR) is 118 cm³/mol. The molecule has 0 saturated carbocycles. The number of ether oxygens (including phenoxy) is 1. The number of nitrogens with two attached hydrogens (primary N) is 1. The minimum Gasteiger partial charge on any atom is -0.454 e. The third-order valence-corrected chi connectivity index (χ3v) is 4.66. The first-order valence-electron chi connectivity index (χ1n) is 9.51. The average molecular weight is 412 g/mol. The quantitative estimate of drug-likeness (QED) is 0.363. The second kappa shape index (κ2) is 7.75. The van der Waals surface area contributed by atoms with Gasteiger partial charge < -0.3 is 15.8 Å². The summed E-state index contributed by atoms with van der Waals surface area (Å²) in [5.74, 6) is 0.705. The van der Waals surface area contributed by atoms with Gasteiger partial charge in [-0.3, -0.25) is 5.10 Å². The molecule has 152 valence electrons. The van der Waals surface area contributed by atoms with Gasteiger partial charge in [-0.25, -0.2) is 9.37 Å². The van der Waals surface area contributed by atoms with Gasteiger partial charge in [0.25, 0.3) is 0 Å². The van der Waals surface area contributed by atoms with Crippen LogP contribution in [0.15, 0.2) is 79.0 Å². The molecule has 8 heteroatoms. The molecule has 0 bridgehead atoms. The summed E-state index contributed by atoms with van der Waals surface area (Å²) in [7, 11) is 0. The number of nitrogens with zero attached hydrogens (tertiary/aromatic N) is 3. The molecule has 2 aromatic heterocycles. The predicted octanol–water partition coefficient (Wildman–Crippen LogP) is 5.28. The fourth-order valence-corrected chi connectivity index (χ4v) is 3.21. The van der Waals surface area contributed by atoms with Crippen LogP contribution in [0, 0.1) is 5.82 Å². The van der Waals surface area contributed by atoms with Gasteiger partial charge in [0.15, 0.2) is 11.6 Å². The third-order valence-electron chi connectivity index (χ3n) is 4.66. The van der Waals surface area contributed by atoms with Crippen LogP contribution in [0.3, 0.4) is 0 Å². The molecule has 0 aliphatic carbocycles.